The summed E-state index contributed by atoms with van der Waals surface area (Å²) in [4.78, 5) is 0. The lowest BCUT2D eigenvalue weighted by Gasteiger charge is -2.39. The molecule has 2 nitrogen and oxygen atoms in total. The van der Waals surface area contributed by atoms with Gasteiger partial charge in [-0.05, 0) is 18.6 Å². The van der Waals surface area contributed by atoms with E-state index in [2.05, 4.69) is 5.32 Å². The van der Waals surface area contributed by atoms with Gasteiger partial charge in [0.25, 0.3) is 0 Å². The third kappa shape index (κ3) is 1.35. The van der Waals surface area contributed by atoms with Gasteiger partial charge in [0.05, 0.1) is 0 Å². The minimum Gasteiger partial charge on any atom is -0.382 e. The number of nitrogens with one attached hydrogen (secondary N) is 1. The van der Waals surface area contributed by atoms with Gasteiger partial charge in [-0.3, -0.25) is 0 Å². The normalized spacial score (nSPS) is 19.6. The highest BCUT2D eigenvalue weighted by Crippen LogP contribution is 2.33. The highest BCUT2D eigenvalue weighted by atomic mass is 35.5. The molecule has 2 rings (SSSR count). The van der Waals surface area contributed by atoms with Crippen molar-refractivity contribution in [3.05, 3.63) is 34.3 Å². The molecule has 1 aromatic rings. The molecular formula is C10H12ClNO. The monoisotopic (exact) mass is 197 g/mol. The lowest BCUT2D eigenvalue weighted by Crippen LogP contribution is -2.57. The molecule has 0 aromatic heterocycles. The predicted molar refractivity (Wildman–Crippen MR) is 53.0 cm³/mol. The summed E-state index contributed by atoms with van der Waals surface area (Å²) in [5, 5.41) is 13.8. The van der Waals surface area contributed by atoms with Crippen LogP contribution in [0, 0.1) is 6.92 Å². The van der Waals surface area contributed by atoms with Crippen LogP contribution in [0.5, 0.6) is 0 Å². The molecule has 0 atom stereocenters. The van der Waals surface area contributed by atoms with E-state index in [4.69, 9.17) is 11.6 Å². The molecule has 1 saturated heterocycles. The van der Waals surface area contributed by atoms with Gasteiger partial charge in [-0.25, -0.2) is 0 Å². The average molecular weight is 198 g/mol. The van der Waals surface area contributed by atoms with E-state index < -0.39 is 5.60 Å². The first-order chi connectivity index (χ1) is 6.13. The Hall–Kier alpha value is -0.570. The quantitative estimate of drug-likeness (QED) is 0.714. The molecule has 1 fully saturated rings. The first-order valence-electron chi connectivity index (χ1n) is 4.32. The second kappa shape index (κ2) is 2.98. The van der Waals surface area contributed by atoms with E-state index >= 15 is 0 Å². The fourth-order valence-electron chi connectivity index (χ4n) is 1.76. The van der Waals surface area contributed by atoms with Crippen LogP contribution >= 0.6 is 11.6 Å². The van der Waals surface area contributed by atoms with Crippen LogP contribution in [0.15, 0.2) is 18.2 Å². The summed E-state index contributed by atoms with van der Waals surface area (Å²) in [6.45, 7) is 3.16. The van der Waals surface area contributed by atoms with Crippen LogP contribution in [0.4, 0.5) is 0 Å². The third-order valence-corrected chi connectivity index (χ3v) is 2.84. The molecule has 0 saturated carbocycles. The third-order valence-electron chi connectivity index (χ3n) is 2.52. The lowest BCUT2D eigenvalue weighted by molar-refractivity contribution is -0.0150. The van der Waals surface area contributed by atoms with E-state index in [0.717, 1.165) is 11.1 Å². The Morgan fingerprint density at radius 2 is 2.15 bits per heavy atom. The van der Waals surface area contributed by atoms with E-state index in [9.17, 15) is 5.11 Å². The van der Waals surface area contributed by atoms with E-state index in [0.29, 0.717) is 18.1 Å². The minimum absolute atomic E-state index is 0.595. The second-order valence-electron chi connectivity index (χ2n) is 3.57. The Kier molecular flexibility index (Phi) is 2.06. The maximum atomic E-state index is 10.1. The number of benzene rings is 1. The number of aliphatic hydroxyl groups is 1. The van der Waals surface area contributed by atoms with Crippen LogP contribution in [0.3, 0.4) is 0 Å². The highest BCUT2D eigenvalue weighted by Gasteiger charge is 2.38. The van der Waals surface area contributed by atoms with Crippen molar-refractivity contribution in [1.29, 1.82) is 0 Å². The maximum absolute atomic E-state index is 10.1. The van der Waals surface area contributed by atoms with Crippen molar-refractivity contribution >= 4 is 11.6 Å². The fraction of sp³-hybridized carbons (Fsp3) is 0.400. The number of aryl methyl sites for hydroxylation is 1. The van der Waals surface area contributed by atoms with Crippen molar-refractivity contribution in [1.82, 2.24) is 5.32 Å². The Labute approximate surface area is 82.5 Å². The summed E-state index contributed by atoms with van der Waals surface area (Å²) < 4.78 is 0. The summed E-state index contributed by atoms with van der Waals surface area (Å²) in [5.41, 5.74) is 1.18. The summed E-state index contributed by atoms with van der Waals surface area (Å²) >= 11 is 6.04. The van der Waals surface area contributed by atoms with Crippen LogP contribution < -0.4 is 5.32 Å². The number of β-amino-alcohol motifs (C(OH)–C–C–N with tert-alkyl or cyclic N) is 1. The SMILES string of the molecule is Cc1cccc(Cl)c1C1(O)CNC1. The first kappa shape index (κ1) is 9.00. The molecule has 1 aliphatic heterocycles. The first-order valence-corrected chi connectivity index (χ1v) is 4.70. The largest absolute Gasteiger partial charge is 0.382 e. The van der Waals surface area contributed by atoms with Crippen molar-refractivity contribution in [2.75, 3.05) is 13.1 Å². The summed E-state index contributed by atoms with van der Waals surface area (Å²) in [6, 6.07) is 5.69. The van der Waals surface area contributed by atoms with Gasteiger partial charge in [0.15, 0.2) is 0 Å². The molecule has 3 heteroatoms. The zero-order valence-corrected chi connectivity index (χ0v) is 8.23. The number of halogens is 1. The molecule has 70 valence electrons. The molecule has 1 aromatic carbocycles. The van der Waals surface area contributed by atoms with Crippen molar-refractivity contribution < 1.29 is 5.11 Å². The Bertz CT molecular complexity index is 313. The van der Waals surface area contributed by atoms with Crippen molar-refractivity contribution in [3.8, 4) is 0 Å². The molecule has 0 aliphatic carbocycles. The average Bonchev–Trinajstić information content (AvgIpc) is 2.01. The minimum atomic E-state index is -0.748. The zero-order chi connectivity index (χ0) is 9.47. The van der Waals surface area contributed by atoms with Gasteiger partial charge < -0.3 is 10.4 Å². The van der Waals surface area contributed by atoms with E-state index in [1.54, 1.807) is 0 Å². The predicted octanol–water partition coefficient (Wildman–Crippen LogP) is 1.44. The van der Waals surface area contributed by atoms with Gasteiger partial charge in [-0.1, -0.05) is 23.7 Å². The van der Waals surface area contributed by atoms with Crippen LogP contribution in [0.1, 0.15) is 11.1 Å². The second-order valence-corrected chi connectivity index (χ2v) is 3.97. The van der Waals surface area contributed by atoms with Crippen LogP contribution in [0.25, 0.3) is 0 Å². The fourth-order valence-corrected chi connectivity index (χ4v) is 2.16. The van der Waals surface area contributed by atoms with Crippen LogP contribution in [0.2, 0.25) is 5.02 Å². The van der Waals surface area contributed by atoms with Gasteiger partial charge in [0.1, 0.15) is 5.60 Å². The summed E-state index contributed by atoms with van der Waals surface area (Å²) in [6.07, 6.45) is 0. The Balaban J connectivity index is 2.49. The highest BCUT2D eigenvalue weighted by molar-refractivity contribution is 6.31. The molecular weight excluding hydrogens is 186 g/mol. The van der Waals surface area contributed by atoms with Crippen molar-refractivity contribution in [3.63, 3.8) is 0 Å². The number of hydrogen-bond acceptors (Lipinski definition) is 2. The van der Waals surface area contributed by atoms with E-state index in [1.165, 1.54) is 0 Å². The molecule has 1 aliphatic rings. The Morgan fingerprint density at radius 3 is 2.62 bits per heavy atom. The molecule has 0 spiro atoms. The molecule has 2 N–H and O–H groups in total. The van der Waals surface area contributed by atoms with E-state index in [-0.39, 0.29) is 0 Å². The Morgan fingerprint density at radius 1 is 1.46 bits per heavy atom. The summed E-state index contributed by atoms with van der Waals surface area (Å²) in [7, 11) is 0. The number of hydrogen-bond donors (Lipinski definition) is 2. The van der Waals surface area contributed by atoms with Crippen molar-refractivity contribution in [2.24, 2.45) is 0 Å². The van der Waals surface area contributed by atoms with Gasteiger partial charge >= 0.3 is 0 Å². The van der Waals surface area contributed by atoms with Crippen LogP contribution in [-0.2, 0) is 5.60 Å². The van der Waals surface area contributed by atoms with Gasteiger partial charge in [0.2, 0.25) is 0 Å². The van der Waals surface area contributed by atoms with Gasteiger partial charge in [-0.2, -0.15) is 0 Å². The van der Waals surface area contributed by atoms with Crippen LogP contribution in [-0.4, -0.2) is 18.2 Å². The van der Waals surface area contributed by atoms with Crippen molar-refractivity contribution in [2.45, 2.75) is 12.5 Å². The molecule has 1 heterocycles. The molecule has 0 bridgehead atoms. The molecule has 0 unspecified atom stereocenters. The summed E-state index contributed by atoms with van der Waals surface area (Å²) in [5.74, 6) is 0. The van der Waals surface area contributed by atoms with Gasteiger partial charge in [0, 0.05) is 23.7 Å². The topological polar surface area (TPSA) is 32.3 Å². The lowest BCUT2D eigenvalue weighted by atomic mass is 9.85. The molecule has 0 radical (unpaired) electrons. The number of rotatable bonds is 1. The standard InChI is InChI=1S/C10H12ClNO/c1-7-3-2-4-8(11)9(7)10(13)5-12-6-10/h2-4,12-13H,5-6H2,1H3. The van der Waals surface area contributed by atoms with Gasteiger partial charge in [-0.15, -0.1) is 0 Å². The maximum Gasteiger partial charge on any atom is 0.116 e. The molecule has 0 amide bonds. The van der Waals surface area contributed by atoms with E-state index in [1.807, 2.05) is 25.1 Å². The smallest absolute Gasteiger partial charge is 0.116 e. The zero-order valence-electron chi connectivity index (χ0n) is 7.47. The molecule has 13 heavy (non-hydrogen) atoms.